The first-order valence-corrected chi connectivity index (χ1v) is 11.5. The van der Waals surface area contributed by atoms with Crippen molar-refractivity contribution in [2.75, 3.05) is 25.2 Å². The molecule has 0 aliphatic carbocycles. The molecule has 0 radical (unpaired) electrons. The van der Waals surface area contributed by atoms with Crippen molar-refractivity contribution < 1.29 is 19.1 Å². The van der Waals surface area contributed by atoms with E-state index in [4.69, 9.17) is 16.3 Å². The number of Topliss-reactive ketones (excluding diaryl/α,β-unsaturated/α-hetero) is 1. The number of nitrogens with zero attached hydrogens (tertiary/aromatic N) is 2. The van der Waals surface area contributed by atoms with E-state index in [2.05, 4.69) is 0 Å². The monoisotopic (exact) mass is 464 g/mol. The van der Waals surface area contributed by atoms with Gasteiger partial charge in [-0.1, -0.05) is 35.9 Å². The molecule has 170 valence electrons. The van der Waals surface area contributed by atoms with Gasteiger partial charge in [0.25, 0.3) is 0 Å². The van der Waals surface area contributed by atoms with Crippen LogP contribution < -0.4 is 4.90 Å². The number of carbonyl (C=O) groups is 3. The van der Waals surface area contributed by atoms with Crippen LogP contribution in [0.15, 0.2) is 54.6 Å². The fraction of sp³-hybridized carbons (Fsp3) is 0.346. The van der Waals surface area contributed by atoms with Gasteiger partial charge in [0.15, 0.2) is 5.78 Å². The lowest BCUT2D eigenvalue weighted by Gasteiger charge is -2.38. The standard InChI is InChI=1S/C26H25ClN2O4/c1-15-14-20-21-22(26(32)28(25(21)31)12-5-13-33-2)23(24(30)16-8-10-17(27)11-9-16)29(20)19-7-4-3-6-18(15)19/h3-4,6-11,14,20-23H,5,12-13H2,1-2H3/t20-,21+,22+,23-/m1/s1. The van der Waals surface area contributed by atoms with Crippen molar-refractivity contribution in [3.8, 4) is 0 Å². The molecule has 0 unspecified atom stereocenters. The lowest BCUT2D eigenvalue weighted by atomic mass is 9.85. The molecule has 7 heteroatoms. The molecule has 33 heavy (non-hydrogen) atoms. The second-order valence-corrected chi connectivity index (χ2v) is 9.24. The van der Waals surface area contributed by atoms with Gasteiger partial charge in [-0.15, -0.1) is 0 Å². The van der Waals surface area contributed by atoms with E-state index in [1.165, 1.54) is 4.90 Å². The lowest BCUT2D eigenvalue weighted by Crippen LogP contribution is -2.49. The van der Waals surface area contributed by atoms with Crippen molar-refractivity contribution in [2.45, 2.75) is 25.4 Å². The number of fused-ring (bicyclic) bond motifs is 5. The quantitative estimate of drug-likeness (QED) is 0.369. The van der Waals surface area contributed by atoms with Crippen LogP contribution in [0.1, 0.15) is 29.3 Å². The van der Waals surface area contributed by atoms with Gasteiger partial charge in [-0.3, -0.25) is 19.3 Å². The molecule has 3 aliphatic rings. The highest BCUT2D eigenvalue weighted by molar-refractivity contribution is 6.30. The Balaban J connectivity index is 1.61. The average Bonchev–Trinajstić information content (AvgIpc) is 3.28. The molecule has 2 aromatic carbocycles. The summed E-state index contributed by atoms with van der Waals surface area (Å²) in [6.45, 7) is 2.77. The zero-order valence-corrected chi connectivity index (χ0v) is 19.3. The maximum absolute atomic E-state index is 13.9. The molecule has 2 saturated heterocycles. The van der Waals surface area contributed by atoms with E-state index in [-0.39, 0.29) is 23.6 Å². The fourth-order valence-electron chi connectivity index (χ4n) is 5.53. The number of hydrogen-bond acceptors (Lipinski definition) is 5. The summed E-state index contributed by atoms with van der Waals surface area (Å²) in [6.07, 6.45) is 2.61. The minimum absolute atomic E-state index is 0.174. The van der Waals surface area contributed by atoms with Crippen molar-refractivity contribution >= 4 is 40.5 Å². The Morgan fingerprint density at radius 3 is 2.45 bits per heavy atom. The number of methoxy groups -OCH3 is 1. The normalized spacial score (nSPS) is 25.6. The molecule has 0 saturated carbocycles. The van der Waals surface area contributed by atoms with Crippen LogP contribution in [-0.4, -0.2) is 54.8 Å². The van der Waals surface area contributed by atoms with E-state index >= 15 is 0 Å². The molecule has 3 aliphatic heterocycles. The van der Waals surface area contributed by atoms with Crippen LogP contribution in [0.2, 0.25) is 5.02 Å². The second kappa shape index (κ2) is 8.43. The first-order chi connectivity index (χ1) is 15.9. The van der Waals surface area contributed by atoms with Gasteiger partial charge < -0.3 is 9.64 Å². The number of halogens is 1. The summed E-state index contributed by atoms with van der Waals surface area (Å²) >= 11 is 6.04. The van der Waals surface area contributed by atoms with Crippen molar-refractivity contribution in [3.05, 3.63) is 70.8 Å². The summed E-state index contributed by atoms with van der Waals surface area (Å²) < 4.78 is 5.10. The number of anilines is 1. The number of carbonyl (C=O) groups excluding carboxylic acids is 3. The molecule has 4 atom stereocenters. The number of benzene rings is 2. The highest BCUT2D eigenvalue weighted by Gasteiger charge is 2.64. The van der Waals surface area contributed by atoms with Crippen LogP contribution in [0.5, 0.6) is 0 Å². The van der Waals surface area contributed by atoms with Crippen molar-refractivity contribution in [1.29, 1.82) is 0 Å². The number of ketones is 1. The maximum atomic E-state index is 13.9. The van der Waals surface area contributed by atoms with Crippen LogP contribution in [-0.2, 0) is 14.3 Å². The molecule has 3 heterocycles. The van der Waals surface area contributed by atoms with Gasteiger partial charge in [-0.05, 0) is 49.2 Å². The van der Waals surface area contributed by atoms with Gasteiger partial charge in [0.2, 0.25) is 11.8 Å². The molecule has 2 aromatic rings. The first-order valence-electron chi connectivity index (χ1n) is 11.1. The van der Waals surface area contributed by atoms with E-state index in [9.17, 15) is 14.4 Å². The number of allylic oxidation sites excluding steroid dienone is 1. The van der Waals surface area contributed by atoms with Crippen molar-refractivity contribution in [2.24, 2.45) is 11.8 Å². The third-order valence-electron chi connectivity index (χ3n) is 6.97. The maximum Gasteiger partial charge on any atom is 0.235 e. The molecule has 0 spiro atoms. The summed E-state index contributed by atoms with van der Waals surface area (Å²) in [4.78, 5) is 44.3. The molecule has 0 N–H and O–H groups in total. The van der Waals surface area contributed by atoms with Crippen LogP contribution >= 0.6 is 11.6 Å². The SMILES string of the molecule is COCCCN1C(=O)[C@@H]2[C@H](C1=O)[C@H](C(=O)c1ccc(Cl)cc1)N1c3ccccc3C(C)=C[C@H]21. The zero-order valence-electron chi connectivity index (χ0n) is 18.5. The van der Waals surface area contributed by atoms with E-state index in [1.54, 1.807) is 31.4 Å². The third kappa shape index (κ3) is 3.40. The van der Waals surface area contributed by atoms with Crippen molar-refractivity contribution in [1.82, 2.24) is 4.90 Å². The number of ether oxygens (including phenoxy) is 1. The number of hydrogen-bond donors (Lipinski definition) is 0. The zero-order chi connectivity index (χ0) is 23.3. The highest BCUT2D eigenvalue weighted by atomic mass is 35.5. The van der Waals surface area contributed by atoms with E-state index in [1.807, 2.05) is 42.2 Å². The summed E-state index contributed by atoms with van der Waals surface area (Å²) in [5.74, 6) is -1.97. The van der Waals surface area contributed by atoms with Gasteiger partial charge in [0.05, 0.1) is 17.9 Å². The Morgan fingerprint density at radius 1 is 1.03 bits per heavy atom. The van der Waals surface area contributed by atoms with Gasteiger partial charge >= 0.3 is 0 Å². The van der Waals surface area contributed by atoms with E-state index < -0.39 is 17.9 Å². The summed E-state index contributed by atoms with van der Waals surface area (Å²) in [7, 11) is 1.59. The van der Waals surface area contributed by atoms with Gasteiger partial charge in [0.1, 0.15) is 6.04 Å². The molecular formula is C26H25ClN2O4. The smallest absolute Gasteiger partial charge is 0.235 e. The van der Waals surface area contributed by atoms with E-state index in [0.717, 1.165) is 16.8 Å². The minimum Gasteiger partial charge on any atom is -0.385 e. The Hall–Kier alpha value is -2.96. The third-order valence-corrected chi connectivity index (χ3v) is 7.23. The lowest BCUT2D eigenvalue weighted by molar-refractivity contribution is -0.140. The van der Waals surface area contributed by atoms with Gasteiger partial charge in [-0.2, -0.15) is 0 Å². The van der Waals surface area contributed by atoms with Crippen molar-refractivity contribution in [3.63, 3.8) is 0 Å². The van der Waals surface area contributed by atoms with Gasteiger partial charge in [-0.25, -0.2) is 0 Å². The predicted molar refractivity (Wildman–Crippen MR) is 126 cm³/mol. The Kier molecular flexibility index (Phi) is 5.59. The fourth-order valence-corrected chi connectivity index (χ4v) is 5.66. The summed E-state index contributed by atoms with van der Waals surface area (Å²) in [5.41, 5.74) is 3.42. The Labute approximate surface area is 197 Å². The summed E-state index contributed by atoms with van der Waals surface area (Å²) in [6, 6.07) is 13.4. The first kappa shape index (κ1) is 21.9. The number of para-hydroxylation sites is 1. The summed E-state index contributed by atoms with van der Waals surface area (Å²) in [5, 5.41) is 0.534. The predicted octanol–water partition coefficient (Wildman–Crippen LogP) is 3.83. The van der Waals surface area contributed by atoms with Crippen LogP contribution in [0.3, 0.4) is 0 Å². The van der Waals surface area contributed by atoms with Crippen LogP contribution in [0.4, 0.5) is 5.69 Å². The number of amides is 2. The number of rotatable bonds is 6. The molecule has 5 rings (SSSR count). The molecule has 6 nitrogen and oxygen atoms in total. The van der Waals surface area contributed by atoms with Gasteiger partial charge in [0, 0.05) is 42.1 Å². The minimum atomic E-state index is -0.768. The molecule has 0 bridgehead atoms. The number of likely N-dealkylation sites (tertiary alicyclic amines) is 1. The molecule has 0 aromatic heterocycles. The Bertz CT molecular complexity index is 1160. The molecule has 2 amide bonds. The Morgan fingerprint density at radius 2 is 1.73 bits per heavy atom. The molecule has 2 fully saturated rings. The van der Waals surface area contributed by atoms with Crippen LogP contribution in [0, 0.1) is 11.8 Å². The molecular weight excluding hydrogens is 440 g/mol. The number of imide groups is 1. The second-order valence-electron chi connectivity index (χ2n) is 8.81. The largest absolute Gasteiger partial charge is 0.385 e. The highest BCUT2D eigenvalue weighted by Crippen LogP contribution is 2.50. The van der Waals surface area contributed by atoms with E-state index in [0.29, 0.717) is 30.2 Å². The average molecular weight is 465 g/mol. The van der Waals surface area contributed by atoms with Crippen LogP contribution in [0.25, 0.3) is 5.57 Å². The topological polar surface area (TPSA) is 66.9 Å².